The molecule has 1 aliphatic rings. The van der Waals surface area contributed by atoms with Crippen LogP contribution in [0.5, 0.6) is 0 Å². The second kappa shape index (κ2) is 8.29. The number of anilines is 1. The molecular weight excluding hydrogens is 366 g/mol. The molecule has 0 unspecified atom stereocenters. The molecule has 1 fully saturated rings. The van der Waals surface area contributed by atoms with Gasteiger partial charge in [0, 0.05) is 29.4 Å². The minimum atomic E-state index is -0.794. The Labute approximate surface area is 161 Å². The van der Waals surface area contributed by atoms with E-state index in [0.29, 0.717) is 24.1 Å². The molecule has 1 saturated heterocycles. The number of Topliss-reactive ketones (excluding diaryl/α,β-unsaturated/α-hetero) is 1. The zero-order chi connectivity index (χ0) is 20.3. The number of hydrogen-bond acceptors (Lipinski definition) is 3. The molecule has 1 heterocycles. The lowest BCUT2D eigenvalue weighted by atomic mass is 9.99. The normalized spacial score (nSPS) is 16.5. The number of benzene rings is 2. The quantitative estimate of drug-likeness (QED) is 0.813. The Morgan fingerprint density at radius 2 is 1.57 bits per heavy atom. The van der Waals surface area contributed by atoms with Gasteiger partial charge >= 0.3 is 0 Å². The first kappa shape index (κ1) is 19.7. The third-order valence-electron chi connectivity index (χ3n) is 4.73. The fourth-order valence-electron chi connectivity index (χ4n) is 3.31. The van der Waals surface area contributed by atoms with Gasteiger partial charge in [-0.15, -0.1) is 0 Å². The highest BCUT2D eigenvalue weighted by Gasteiger charge is 2.32. The highest BCUT2D eigenvalue weighted by molar-refractivity contribution is 6.02. The van der Waals surface area contributed by atoms with Crippen LogP contribution in [0.15, 0.2) is 42.5 Å². The van der Waals surface area contributed by atoms with Gasteiger partial charge in [-0.05, 0) is 50.5 Å². The molecule has 0 spiro atoms. The van der Waals surface area contributed by atoms with Crippen LogP contribution in [-0.4, -0.2) is 35.1 Å². The number of likely N-dealkylation sites (tertiary alicyclic amines) is 1. The molecule has 0 aliphatic carbocycles. The molecular formula is C21H20F2N2O3. The van der Waals surface area contributed by atoms with E-state index in [-0.39, 0.29) is 17.4 Å². The number of ketones is 1. The first-order valence-corrected chi connectivity index (χ1v) is 9.04. The van der Waals surface area contributed by atoms with Gasteiger partial charge in [-0.25, -0.2) is 8.78 Å². The number of rotatable bonds is 4. The zero-order valence-electron chi connectivity index (χ0n) is 15.4. The first-order chi connectivity index (χ1) is 13.3. The standard InChI is InChI=1S/C21H20F2N2O3/c1-13(26)14-5-7-15(8-6-14)21(28)25-9-3-2-4-19(25)20(27)24-18-11-16(22)10-17(23)12-18/h5-8,10-12,19H,2-4,9H2,1H3,(H,24,27)/t19-/m1/s1. The van der Waals surface area contributed by atoms with Crippen molar-refractivity contribution in [2.24, 2.45) is 0 Å². The molecule has 3 rings (SSSR count). The number of carbonyl (C=O) groups excluding carboxylic acids is 3. The number of carbonyl (C=O) groups is 3. The van der Waals surface area contributed by atoms with Gasteiger partial charge in [0.15, 0.2) is 5.78 Å². The maximum absolute atomic E-state index is 13.4. The summed E-state index contributed by atoms with van der Waals surface area (Å²) in [5.41, 5.74) is 0.880. The van der Waals surface area contributed by atoms with Crippen molar-refractivity contribution in [3.8, 4) is 0 Å². The lowest BCUT2D eigenvalue weighted by molar-refractivity contribution is -0.121. The molecule has 2 amide bonds. The summed E-state index contributed by atoms with van der Waals surface area (Å²) in [6, 6.07) is 8.30. The van der Waals surface area contributed by atoms with E-state index in [2.05, 4.69) is 5.32 Å². The van der Waals surface area contributed by atoms with Crippen molar-refractivity contribution in [1.29, 1.82) is 0 Å². The fraction of sp³-hybridized carbons (Fsp3) is 0.286. The molecule has 0 aromatic heterocycles. The van der Waals surface area contributed by atoms with Gasteiger partial charge < -0.3 is 10.2 Å². The Morgan fingerprint density at radius 3 is 2.18 bits per heavy atom. The molecule has 2 aromatic rings. The predicted molar refractivity (Wildman–Crippen MR) is 100 cm³/mol. The van der Waals surface area contributed by atoms with Crippen molar-refractivity contribution in [2.75, 3.05) is 11.9 Å². The summed E-state index contributed by atoms with van der Waals surface area (Å²) in [5.74, 6) is -2.50. The van der Waals surface area contributed by atoms with E-state index in [4.69, 9.17) is 0 Å². The highest BCUT2D eigenvalue weighted by atomic mass is 19.1. The molecule has 5 nitrogen and oxygen atoms in total. The number of hydrogen-bond donors (Lipinski definition) is 1. The summed E-state index contributed by atoms with van der Waals surface area (Å²) in [4.78, 5) is 38.4. The molecule has 146 valence electrons. The van der Waals surface area contributed by atoms with Gasteiger partial charge in [0.05, 0.1) is 0 Å². The van der Waals surface area contributed by atoms with Gasteiger partial charge in [0.1, 0.15) is 17.7 Å². The minimum absolute atomic E-state index is 0.00582. The molecule has 7 heteroatoms. The van der Waals surface area contributed by atoms with E-state index in [1.54, 1.807) is 24.3 Å². The molecule has 2 aromatic carbocycles. The molecule has 1 aliphatic heterocycles. The summed E-state index contributed by atoms with van der Waals surface area (Å²) in [6.07, 6.45) is 1.99. The van der Waals surface area contributed by atoms with Crippen LogP contribution in [0.1, 0.15) is 46.9 Å². The lowest BCUT2D eigenvalue weighted by Crippen LogP contribution is -2.50. The summed E-state index contributed by atoms with van der Waals surface area (Å²) >= 11 is 0. The number of nitrogens with one attached hydrogen (secondary N) is 1. The van der Waals surface area contributed by atoms with Crippen molar-refractivity contribution in [3.63, 3.8) is 0 Å². The third kappa shape index (κ3) is 4.42. The average Bonchev–Trinajstić information content (AvgIpc) is 2.66. The predicted octanol–water partition coefficient (Wildman–Crippen LogP) is 3.80. The minimum Gasteiger partial charge on any atom is -0.327 e. The van der Waals surface area contributed by atoms with E-state index in [1.807, 2.05) is 0 Å². The van der Waals surface area contributed by atoms with E-state index in [9.17, 15) is 23.2 Å². The third-order valence-corrected chi connectivity index (χ3v) is 4.73. The lowest BCUT2D eigenvalue weighted by Gasteiger charge is -2.34. The van der Waals surface area contributed by atoms with Crippen molar-refractivity contribution in [1.82, 2.24) is 4.90 Å². The maximum atomic E-state index is 13.4. The molecule has 1 atom stereocenters. The molecule has 28 heavy (non-hydrogen) atoms. The van der Waals surface area contributed by atoms with Crippen LogP contribution in [0.2, 0.25) is 0 Å². The van der Waals surface area contributed by atoms with Crippen LogP contribution >= 0.6 is 0 Å². The molecule has 0 radical (unpaired) electrons. The number of halogens is 2. The highest BCUT2D eigenvalue weighted by Crippen LogP contribution is 2.22. The fourth-order valence-corrected chi connectivity index (χ4v) is 3.31. The van der Waals surface area contributed by atoms with Crippen molar-refractivity contribution < 1.29 is 23.2 Å². The number of piperidine rings is 1. The monoisotopic (exact) mass is 386 g/mol. The summed E-state index contributed by atoms with van der Waals surface area (Å²) < 4.78 is 26.7. The van der Waals surface area contributed by atoms with Crippen molar-refractivity contribution >= 4 is 23.3 Å². The van der Waals surface area contributed by atoms with Gasteiger partial charge in [-0.1, -0.05) is 12.1 Å². The van der Waals surface area contributed by atoms with E-state index >= 15 is 0 Å². The van der Waals surface area contributed by atoms with Crippen LogP contribution in [0.25, 0.3) is 0 Å². The Hall–Kier alpha value is -3.09. The van der Waals surface area contributed by atoms with E-state index in [0.717, 1.165) is 31.0 Å². The van der Waals surface area contributed by atoms with Crippen molar-refractivity contribution in [3.05, 3.63) is 65.2 Å². The molecule has 0 bridgehead atoms. The van der Waals surface area contributed by atoms with Crippen LogP contribution in [0.4, 0.5) is 14.5 Å². The second-order valence-corrected chi connectivity index (χ2v) is 6.79. The Balaban J connectivity index is 1.78. The Morgan fingerprint density at radius 1 is 0.964 bits per heavy atom. The smallest absolute Gasteiger partial charge is 0.254 e. The van der Waals surface area contributed by atoms with E-state index in [1.165, 1.54) is 11.8 Å². The summed E-state index contributed by atoms with van der Waals surface area (Å²) in [6.45, 7) is 1.85. The van der Waals surface area contributed by atoms with Crippen LogP contribution in [0.3, 0.4) is 0 Å². The molecule has 1 N–H and O–H groups in total. The Kier molecular flexibility index (Phi) is 5.82. The molecule has 0 saturated carbocycles. The van der Waals surface area contributed by atoms with Gasteiger partial charge in [-0.3, -0.25) is 14.4 Å². The van der Waals surface area contributed by atoms with Gasteiger partial charge in [-0.2, -0.15) is 0 Å². The van der Waals surface area contributed by atoms with Crippen LogP contribution in [-0.2, 0) is 4.79 Å². The van der Waals surface area contributed by atoms with E-state index < -0.39 is 23.6 Å². The SMILES string of the molecule is CC(=O)c1ccc(C(=O)N2CCCC[C@@H]2C(=O)Nc2cc(F)cc(F)c2)cc1. The zero-order valence-corrected chi connectivity index (χ0v) is 15.4. The summed E-state index contributed by atoms with van der Waals surface area (Å²) in [7, 11) is 0. The van der Waals surface area contributed by atoms with Gasteiger partial charge in [0.25, 0.3) is 5.91 Å². The second-order valence-electron chi connectivity index (χ2n) is 6.79. The van der Waals surface area contributed by atoms with Crippen molar-refractivity contribution in [2.45, 2.75) is 32.2 Å². The Bertz CT molecular complexity index is 892. The number of nitrogens with zero attached hydrogens (tertiary/aromatic N) is 1. The van der Waals surface area contributed by atoms with Gasteiger partial charge in [0.2, 0.25) is 5.91 Å². The van der Waals surface area contributed by atoms with Crippen LogP contribution < -0.4 is 5.32 Å². The summed E-state index contributed by atoms with van der Waals surface area (Å²) in [5, 5.41) is 2.50. The van der Waals surface area contributed by atoms with Crippen LogP contribution in [0, 0.1) is 11.6 Å². The number of amides is 2. The largest absolute Gasteiger partial charge is 0.327 e. The maximum Gasteiger partial charge on any atom is 0.254 e. The topological polar surface area (TPSA) is 66.5 Å². The average molecular weight is 386 g/mol. The first-order valence-electron chi connectivity index (χ1n) is 9.04.